The summed E-state index contributed by atoms with van der Waals surface area (Å²) in [4.78, 5) is 4.78. The number of piperazine rings is 1. The van der Waals surface area contributed by atoms with E-state index in [2.05, 4.69) is 34.0 Å². The van der Waals surface area contributed by atoms with E-state index < -0.39 is 0 Å². The van der Waals surface area contributed by atoms with Crippen LogP contribution in [0.3, 0.4) is 0 Å². The monoisotopic (exact) mass is 246 g/mol. The Morgan fingerprint density at radius 1 is 1.47 bits per heavy atom. The van der Waals surface area contributed by atoms with Gasteiger partial charge >= 0.3 is 0 Å². The predicted molar refractivity (Wildman–Crippen MR) is 62.3 cm³/mol. The lowest BCUT2D eigenvalue weighted by Crippen LogP contribution is -2.49. The van der Waals surface area contributed by atoms with Gasteiger partial charge in [0.05, 0.1) is 6.54 Å². The molecule has 2 heterocycles. The van der Waals surface area contributed by atoms with Crippen LogP contribution in [0.5, 0.6) is 0 Å². The molecule has 0 bridgehead atoms. The van der Waals surface area contributed by atoms with Crippen LogP contribution in [0.2, 0.25) is 4.47 Å². The van der Waals surface area contributed by atoms with Crippen molar-refractivity contribution < 1.29 is 0 Å². The summed E-state index contributed by atoms with van der Waals surface area (Å²) < 4.78 is 0.534. The molecule has 0 amide bonds. The molecule has 1 aromatic rings. The summed E-state index contributed by atoms with van der Waals surface area (Å²) in [5.74, 6) is 0. The first-order chi connectivity index (χ1) is 7.15. The summed E-state index contributed by atoms with van der Waals surface area (Å²) in [5, 5.41) is 8.86. The lowest BCUT2D eigenvalue weighted by molar-refractivity contribution is 0.0998. The molecule has 0 saturated carbocycles. The number of aromatic nitrogens is 2. The van der Waals surface area contributed by atoms with Crippen LogP contribution in [0.15, 0.2) is 0 Å². The van der Waals surface area contributed by atoms with Crippen molar-refractivity contribution in [3.8, 4) is 0 Å². The molecule has 0 N–H and O–H groups in total. The van der Waals surface area contributed by atoms with Crippen LogP contribution in [-0.2, 0) is 6.54 Å². The topological polar surface area (TPSA) is 32.3 Å². The first-order valence-electron chi connectivity index (χ1n) is 5.05. The summed E-state index contributed by atoms with van der Waals surface area (Å²) in [7, 11) is 2.17. The smallest absolute Gasteiger partial charge is 0.207 e. The standard InChI is InChI=1S/C9H15ClN4S/c1-7-5-14(4-3-13(7)2)6-8-11-12-9(10)15-8/h7H,3-6H2,1-2H3. The van der Waals surface area contributed by atoms with E-state index in [1.54, 1.807) is 0 Å². The van der Waals surface area contributed by atoms with Gasteiger partial charge in [0, 0.05) is 25.7 Å². The van der Waals surface area contributed by atoms with Crippen LogP contribution < -0.4 is 0 Å². The van der Waals surface area contributed by atoms with Gasteiger partial charge < -0.3 is 4.90 Å². The summed E-state index contributed by atoms with van der Waals surface area (Å²) in [6.45, 7) is 6.43. The van der Waals surface area contributed by atoms with E-state index in [-0.39, 0.29) is 0 Å². The molecule has 15 heavy (non-hydrogen) atoms. The molecule has 4 nitrogen and oxygen atoms in total. The SMILES string of the molecule is CC1CN(Cc2nnc(Cl)s2)CCN1C. The van der Waals surface area contributed by atoms with Gasteiger partial charge in [-0.05, 0) is 25.6 Å². The Kier molecular flexibility index (Phi) is 3.56. The van der Waals surface area contributed by atoms with Crippen LogP contribution in [0.1, 0.15) is 11.9 Å². The van der Waals surface area contributed by atoms with Crippen LogP contribution >= 0.6 is 22.9 Å². The Labute approximate surface area is 98.9 Å². The van der Waals surface area contributed by atoms with Crippen LogP contribution in [0, 0.1) is 0 Å². The number of rotatable bonds is 2. The highest BCUT2D eigenvalue weighted by Gasteiger charge is 2.21. The van der Waals surface area contributed by atoms with E-state index >= 15 is 0 Å². The Morgan fingerprint density at radius 3 is 2.87 bits per heavy atom. The zero-order valence-corrected chi connectivity index (χ0v) is 10.6. The molecule has 1 fully saturated rings. The van der Waals surface area contributed by atoms with Crippen molar-refractivity contribution in [3.05, 3.63) is 9.47 Å². The molecule has 1 aliphatic heterocycles. The first kappa shape index (κ1) is 11.3. The summed E-state index contributed by atoms with van der Waals surface area (Å²) >= 11 is 7.22. The van der Waals surface area contributed by atoms with Gasteiger partial charge in [0.25, 0.3) is 0 Å². The second-order valence-electron chi connectivity index (χ2n) is 4.01. The van der Waals surface area contributed by atoms with Gasteiger partial charge in [0.15, 0.2) is 0 Å². The van der Waals surface area contributed by atoms with Crippen molar-refractivity contribution >= 4 is 22.9 Å². The molecule has 0 aromatic carbocycles. The molecule has 0 radical (unpaired) electrons. The maximum Gasteiger partial charge on any atom is 0.207 e. The Hall–Kier alpha value is -0.230. The second kappa shape index (κ2) is 4.74. The highest BCUT2D eigenvalue weighted by molar-refractivity contribution is 7.15. The van der Waals surface area contributed by atoms with Crippen molar-refractivity contribution in [2.45, 2.75) is 19.5 Å². The number of likely N-dealkylation sites (N-methyl/N-ethyl adjacent to an activating group) is 1. The zero-order valence-electron chi connectivity index (χ0n) is 8.98. The number of hydrogen-bond donors (Lipinski definition) is 0. The number of halogens is 1. The van der Waals surface area contributed by atoms with Gasteiger partial charge in [-0.15, -0.1) is 10.2 Å². The van der Waals surface area contributed by atoms with Crippen molar-refractivity contribution in [1.82, 2.24) is 20.0 Å². The lowest BCUT2D eigenvalue weighted by Gasteiger charge is -2.37. The fourth-order valence-corrected chi connectivity index (χ4v) is 2.67. The fourth-order valence-electron chi connectivity index (χ4n) is 1.76. The zero-order chi connectivity index (χ0) is 10.8. The minimum absolute atomic E-state index is 0.534. The second-order valence-corrected chi connectivity index (χ2v) is 5.66. The lowest BCUT2D eigenvalue weighted by atomic mass is 10.2. The van der Waals surface area contributed by atoms with Gasteiger partial charge in [-0.25, -0.2) is 0 Å². The molecule has 1 aromatic heterocycles. The van der Waals surface area contributed by atoms with Gasteiger partial charge in [-0.2, -0.15) is 0 Å². The molecule has 84 valence electrons. The Balaban J connectivity index is 1.90. The maximum absolute atomic E-state index is 5.75. The molecular weight excluding hydrogens is 232 g/mol. The molecule has 1 unspecified atom stereocenters. The van der Waals surface area contributed by atoms with Crippen LogP contribution in [0.25, 0.3) is 0 Å². The molecule has 1 atom stereocenters. The fraction of sp³-hybridized carbons (Fsp3) is 0.778. The summed E-state index contributed by atoms with van der Waals surface area (Å²) in [6.07, 6.45) is 0. The summed E-state index contributed by atoms with van der Waals surface area (Å²) in [6, 6.07) is 0.613. The highest BCUT2D eigenvalue weighted by Crippen LogP contribution is 2.18. The summed E-state index contributed by atoms with van der Waals surface area (Å²) in [5.41, 5.74) is 0. The van der Waals surface area contributed by atoms with Crippen molar-refractivity contribution in [3.63, 3.8) is 0 Å². The van der Waals surface area contributed by atoms with E-state index in [9.17, 15) is 0 Å². The van der Waals surface area contributed by atoms with E-state index in [0.29, 0.717) is 10.5 Å². The molecule has 0 spiro atoms. The van der Waals surface area contributed by atoms with Crippen molar-refractivity contribution in [1.29, 1.82) is 0 Å². The van der Waals surface area contributed by atoms with Gasteiger partial charge in [0.1, 0.15) is 5.01 Å². The molecule has 0 aliphatic carbocycles. The van der Waals surface area contributed by atoms with Gasteiger partial charge in [0.2, 0.25) is 4.47 Å². The Bertz CT molecular complexity index is 330. The number of nitrogens with zero attached hydrogens (tertiary/aromatic N) is 4. The van der Waals surface area contributed by atoms with E-state index in [4.69, 9.17) is 11.6 Å². The van der Waals surface area contributed by atoms with Crippen molar-refractivity contribution in [2.75, 3.05) is 26.7 Å². The van der Waals surface area contributed by atoms with E-state index in [1.807, 2.05) is 0 Å². The van der Waals surface area contributed by atoms with E-state index in [1.165, 1.54) is 11.3 Å². The van der Waals surface area contributed by atoms with Gasteiger partial charge in [-0.3, -0.25) is 4.90 Å². The third kappa shape index (κ3) is 2.87. The highest BCUT2D eigenvalue weighted by atomic mass is 35.5. The van der Waals surface area contributed by atoms with Crippen molar-refractivity contribution in [2.24, 2.45) is 0 Å². The van der Waals surface area contributed by atoms with Crippen LogP contribution in [-0.4, -0.2) is 52.7 Å². The minimum atomic E-state index is 0.534. The average molecular weight is 247 g/mol. The predicted octanol–water partition coefficient (Wildman–Crippen LogP) is 1.33. The largest absolute Gasteiger partial charge is 0.301 e. The first-order valence-corrected chi connectivity index (χ1v) is 6.25. The van der Waals surface area contributed by atoms with Crippen LogP contribution in [0.4, 0.5) is 0 Å². The molecular formula is C9H15ClN4S. The minimum Gasteiger partial charge on any atom is -0.301 e. The quantitative estimate of drug-likeness (QED) is 0.788. The van der Waals surface area contributed by atoms with Gasteiger partial charge in [-0.1, -0.05) is 11.3 Å². The maximum atomic E-state index is 5.75. The third-order valence-electron chi connectivity index (χ3n) is 2.84. The average Bonchev–Trinajstić information content (AvgIpc) is 2.58. The Morgan fingerprint density at radius 2 is 2.27 bits per heavy atom. The molecule has 6 heteroatoms. The normalized spacial score (nSPS) is 24.6. The molecule has 1 saturated heterocycles. The van der Waals surface area contributed by atoms with E-state index in [0.717, 1.165) is 31.2 Å². The molecule has 2 rings (SSSR count). The third-order valence-corrected chi connectivity index (χ3v) is 3.85. The number of hydrogen-bond acceptors (Lipinski definition) is 5. The molecule has 1 aliphatic rings.